The van der Waals surface area contributed by atoms with E-state index in [-0.39, 0.29) is 0 Å². The van der Waals surface area contributed by atoms with Crippen LogP contribution < -0.4 is 10.1 Å². The fourth-order valence-corrected chi connectivity index (χ4v) is 1.96. The first-order valence-electron chi connectivity index (χ1n) is 7.62. The Bertz CT molecular complexity index is 341. The Balaban J connectivity index is 2.42. The summed E-state index contributed by atoms with van der Waals surface area (Å²) in [5.74, 6) is 2.49. The Hall–Kier alpha value is -1.25. The smallest absolute Gasteiger partial charge is 0.129 e. The molecule has 1 rings (SSSR count). The zero-order chi connectivity index (χ0) is 13.9. The molecule has 0 aliphatic heterocycles. The monoisotopic (exact) mass is 264 g/mol. The molecular formula is C16H28N2O. The summed E-state index contributed by atoms with van der Waals surface area (Å²) in [7, 11) is 0. The van der Waals surface area contributed by atoms with E-state index in [0.29, 0.717) is 5.92 Å². The van der Waals surface area contributed by atoms with Crippen molar-refractivity contribution in [3.05, 3.63) is 18.3 Å². The SMILES string of the molecule is CCCCC(CC)COc1ccnc(NCCC)c1. The van der Waals surface area contributed by atoms with Gasteiger partial charge in [0.05, 0.1) is 6.61 Å². The lowest BCUT2D eigenvalue weighted by atomic mass is 10.0. The van der Waals surface area contributed by atoms with Crippen LogP contribution in [0.15, 0.2) is 18.3 Å². The molecule has 19 heavy (non-hydrogen) atoms. The lowest BCUT2D eigenvalue weighted by molar-refractivity contribution is 0.233. The highest BCUT2D eigenvalue weighted by Crippen LogP contribution is 2.18. The lowest BCUT2D eigenvalue weighted by Crippen LogP contribution is -2.11. The van der Waals surface area contributed by atoms with Crippen LogP contribution in [0.4, 0.5) is 5.82 Å². The van der Waals surface area contributed by atoms with Crippen molar-refractivity contribution in [2.75, 3.05) is 18.5 Å². The molecule has 0 amide bonds. The van der Waals surface area contributed by atoms with Crippen LogP contribution in [-0.4, -0.2) is 18.1 Å². The molecule has 0 spiro atoms. The minimum Gasteiger partial charge on any atom is -0.493 e. The van der Waals surface area contributed by atoms with Gasteiger partial charge < -0.3 is 10.1 Å². The Morgan fingerprint density at radius 1 is 1.26 bits per heavy atom. The zero-order valence-electron chi connectivity index (χ0n) is 12.6. The summed E-state index contributed by atoms with van der Waals surface area (Å²) < 4.78 is 5.90. The van der Waals surface area contributed by atoms with Crippen LogP contribution in [0.2, 0.25) is 0 Å². The molecule has 0 bridgehead atoms. The van der Waals surface area contributed by atoms with Crippen LogP contribution in [0.3, 0.4) is 0 Å². The van der Waals surface area contributed by atoms with Crippen molar-refractivity contribution >= 4 is 5.82 Å². The first-order valence-corrected chi connectivity index (χ1v) is 7.62. The highest BCUT2D eigenvalue weighted by molar-refractivity contribution is 5.40. The van der Waals surface area contributed by atoms with Crippen LogP contribution in [0.5, 0.6) is 5.75 Å². The van der Waals surface area contributed by atoms with Gasteiger partial charge in [-0.25, -0.2) is 4.98 Å². The molecule has 1 atom stereocenters. The van der Waals surface area contributed by atoms with Crippen molar-refractivity contribution in [1.82, 2.24) is 4.98 Å². The molecule has 3 nitrogen and oxygen atoms in total. The van der Waals surface area contributed by atoms with Crippen molar-refractivity contribution in [2.24, 2.45) is 5.92 Å². The third kappa shape index (κ3) is 6.46. The Kier molecular flexibility index (Phi) is 8.03. The van der Waals surface area contributed by atoms with Crippen LogP contribution in [0.1, 0.15) is 52.9 Å². The second-order valence-corrected chi connectivity index (χ2v) is 5.03. The van der Waals surface area contributed by atoms with E-state index in [1.165, 1.54) is 25.7 Å². The summed E-state index contributed by atoms with van der Waals surface area (Å²) in [6.45, 7) is 8.39. The van der Waals surface area contributed by atoms with Gasteiger partial charge in [-0.05, 0) is 24.8 Å². The molecular weight excluding hydrogens is 236 g/mol. The number of hydrogen-bond donors (Lipinski definition) is 1. The van der Waals surface area contributed by atoms with Gasteiger partial charge in [0.1, 0.15) is 11.6 Å². The molecule has 3 heteroatoms. The number of pyridine rings is 1. The lowest BCUT2D eigenvalue weighted by Gasteiger charge is -2.16. The highest BCUT2D eigenvalue weighted by Gasteiger charge is 2.07. The molecule has 0 aliphatic carbocycles. The van der Waals surface area contributed by atoms with Crippen molar-refractivity contribution < 1.29 is 4.74 Å². The number of rotatable bonds is 10. The van der Waals surface area contributed by atoms with Crippen molar-refractivity contribution in [2.45, 2.75) is 52.9 Å². The van der Waals surface area contributed by atoms with Gasteiger partial charge in [-0.2, -0.15) is 0 Å². The van der Waals surface area contributed by atoms with Crippen molar-refractivity contribution in [3.8, 4) is 5.75 Å². The van der Waals surface area contributed by atoms with Crippen molar-refractivity contribution in [1.29, 1.82) is 0 Å². The standard InChI is InChI=1S/C16H28N2O/c1-4-7-8-14(6-3)13-19-15-9-11-18-16(12-15)17-10-5-2/h9,11-12,14H,4-8,10,13H2,1-3H3,(H,17,18). The summed E-state index contributed by atoms with van der Waals surface area (Å²) in [5.41, 5.74) is 0. The topological polar surface area (TPSA) is 34.1 Å². The largest absolute Gasteiger partial charge is 0.493 e. The maximum absolute atomic E-state index is 5.90. The molecule has 1 N–H and O–H groups in total. The maximum atomic E-state index is 5.90. The number of anilines is 1. The highest BCUT2D eigenvalue weighted by atomic mass is 16.5. The van der Waals surface area contributed by atoms with Gasteiger partial charge in [0.15, 0.2) is 0 Å². The van der Waals surface area contributed by atoms with Crippen LogP contribution in [0, 0.1) is 5.92 Å². The zero-order valence-corrected chi connectivity index (χ0v) is 12.6. The van der Waals surface area contributed by atoms with Gasteiger partial charge >= 0.3 is 0 Å². The van der Waals surface area contributed by atoms with Gasteiger partial charge in [-0.1, -0.05) is 40.0 Å². The fourth-order valence-electron chi connectivity index (χ4n) is 1.96. The third-order valence-electron chi connectivity index (χ3n) is 3.32. The summed E-state index contributed by atoms with van der Waals surface area (Å²) in [6, 6.07) is 3.92. The van der Waals surface area contributed by atoms with Gasteiger partial charge in [0.2, 0.25) is 0 Å². The molecule has 0 aliphatic rings. The normalized spacial score (nSPS) is 12.2. The number of nitrogens with one attached hydrogen (secondary N) is 1. The number of nitrogens with zero attached hydrogens (tertiary/aromatic N) is 1. The first kappa shape index (κ1) is 15.8. The van der Waals surface area contributed by atoms with E-state index in [4.69, 9.17) is 4.74 Å². The molecule has 0 saturated heterocycles. The molecule has 0 fully saturated rings. The van der Waals surface area contributed by atoms with Gasteiger partial charge in [-0.15, -0.1) is 0 Å². The van der Waals surface area contributed by atoms with Crippen molar-refractivity contribution in [3.63, 3.8) is 0 Å². The second-order valence-electron chi connectivity index (χ2n) is 5.03. The van der Waals surface area contributed by atoms with Gasteiger partial charge in [0, 0.05) is 18.8 Å². The summed E-state index contributed by atoms with van der Waals surface area (Å²) in [4.78, 5) is 4.28. The number of unbranched alkanes of at least 4 members (excludes halogenated alkanes) is 1. The predicted molar refractivity (Wildman–Crippen MR) is 81.8 cm³/mol. The van der Waals surface area contributed by atoms with Gasteiger partial charge in [-0.3, -0.25) is 0 Å². The van der Waals surface area contributed by atoms with E-state index < -0.39 is 0 Å². The summed E-state index contributed by atoms with van der Waals surface area (Å²) in [5, 5.41) is 3.28. The number of ether oxygens (including phenoxy) is 1. The average Bonchev–Trinajstić information content (AvgIpc) is 2.46. The van der Waals surface area contributed by atoms with E-state index in [1.807, 2.05) is 12.1 Å². The Morgan fingerprint density at radius 3 is 2.79 bits per heavy atom. The second kappa shape index (κ2) is 9.65. The van der Waals surface area contributed by atoms with Gasteiger partial charge in [0.25, 0.3) is 0 Å². The Labute approximate surface area is 117 Å². The molecule has 0 saturated carbocycles. The minimum atomic E-state index is 0.667. The predicted octanol–water partition coefficient (Wildman–Crippen LogP) is 4.50. The molecule has 1 aromatic rings. The van der Waals surface area contributed by atoms with E-state index >= 15 is 0 Å². The minimum absolute atomic E-state index is 0.667. The maximum Gasteiger partial charge on any atom is 0.129 e. The molecule has 108 valence electrons. The molecule has 1 heterocycles. The Morgan fingerprint density at radius 2 is 2.11 bits per heavy atom. The molecule has 0 radical (unpaired) electrons. The average molecular weight is 264 g/mol. The van der Waals surface area contributed by atoms with E-state index in [0.717, 1.165) is 31.1 Å². The number of aromatic nitrogens is 1. The van der Waals surface area contributed by atoms with Crippen LogP contribution in [0.25, 0.3) is 0 Å². The third-order valence-corrected chi connectivity index (χ3v) is 3.32. The van der Waals surface area contributed by atoms with Crippen LogP contribution >= 0.6 is 0 Å². The summed E-state index contributed by atoms with van der Waals surface area (Å²) >= 11 is 0. The summed E-state index contributed by atoms with van der Waals surface area (Å²) in [6.07, 6.45) is 7.91. The quantitative estimate of drug-likeness (QED) is 0.675. The van der Waals surface area contributed by atoms with E-state index in [2.05, 4.69) is 31.1 Å². The van der Waals surface area contributed by atoms with Crippen LogP contribution in [-0.2, 0) is 0 Å². The van der Waals surface area contributed by atoms with E-state index in [9.17, 15) is 0 Å². The first-order chi connectivity index (χ1) is 9.30. The molecule has 0 aromatic carbocycles. The molecule has 1 aromatic heterocycles. The number of hydrogen-bond acceptors (Lipinski definition) is 3. The van der Waals surface area contributed by atoms with E-state index in [1.54, 1.807) is 6.20 Å². The molecule has 1 unspecified atom stereocenters. The fraction of sp³-hybridized carbons (Fsp3) is 0.688.